The van der Waals surface area contributed by atoms with Gasteiger partial charge in [0.2, 0.25) is 0 Å². The lowest BCUT2D eigenvalue weighted by atomic mass is 10.1. The van der Waals surface area contributed by atoms with Crippen LogP contribution in [0.4, 0.5) is 0 Å². The number of imidazole rings is 1. The van der Waals surface area contributed by atoms with E-state index in [0.717, 1.165) is 5.92 Å². The maximum Gasteiger partial charge on any atom is 0.113 e. The van der Waals surface area contributed by atoms with Crippen LogP contribution in [-0.2, 0) is 0 Å². The summed E-state index contributed by atoms with van der Waals surface area (Å²) in [5.41, 5.74) is 2.53. The molecule has 0 aliphatic heterocycles. The Labute approximate surface area is 115 Å². The van der Waals surface area contributed by atoms with Gasteiger partial charge in [0.15, 0.2) is 0 Å². The average molecular weight is 256 g/mol. The Morgan fingerprint density at radius 2 is 1.84 bits per heavy atom. The number of fused-ring (bicyclic) bond motifs is 1. The first-order valence-electron chi connectivity index (χ1n) is 7.82. The molecule has 102 valence electrons. The predicted molar refractivity (Wildman–Crippen MR) is 80.6 cm³/mol. The molecule has 19 heavy (non-hydrogen) atoms. The molecule has 0 N–H and O–H groups in total. The van der Waals surface area contributed by atoms with Crippen LogP contribution in [0.5, 0.6) is 0 Å². The summed E-state index contributed by atoms with van der Waals surface area (Å²) >= 11 is 0. The molecule has 2 nitrogen and oxygen atoms in total. The van der Waals surface area contributed by atoms with Crippen molar-refractivity contribution in [2.24, 2.45) is 0 Å². The Balaban J connectivity index is 2.09. The molecule has 0 radical (unpaired) electrons. The highest BCUT2D eigenvalue weighted by Crippen LogP contribution is 2.42. The summed E-state index contributed by atoms with van der Waals surface area (Å²) in [5, 5.41) is 0. The van der Waals surface area contributed by atoms with Crippen molar-refractivity contribution in [2.75, 3.05) is 0 Å². The lowest BCUT2D eigenvalue weighted by molar-refractivity contribution is 0.424. The summed E-state index contributed by atoms with van der Waals surface area (Å²) in [6, 6.07) is 9.29. The van der Waals surface area contributed by atoms with E-state index in [-0.39, 0.29) is 0 Å². The first-order chi connectivity index (χ1) is 9.35. The Kier molecular flexibility index (Phi) is 3.58. The first kappa shape index (κ1) is 12.7. The number of nitrogens with zero attached hydrogens (tertiary/aromatic N) is 2. The molecule has 1 aromatic carbocycles. The van der Waals surface area contributed by atoms with Gasteiger partial charge in [-0.2, -0.15) is 0 Å². The SMILES string of the molecule is CCCC(CCC)n1c(C2CC2)nc2ccccc21. The molecular weight excluding hydrogens is 232 g/mol. The summed E-state index contributed by atoms with van der Waals surface area (Å²) in [4.78, 5) is 4.92. The van der Waals surface area contributed by atoms with E-state index in [1.54, 1.807) is 0 Å². The van der Waals surface area contributed by atoms with Crippen molar-refractivity contribution in [3.05, 3.63) is 30.1 Å². The zero-order valence-electron chi connectivity index (χ0n) is 12.1. The monoisotopic (exact) mass is 256 g/mol. The number of rotatable bonds is 6. The second kappa shape index (κ2) is 5.36. The highest BCUT2D eigenvalue weighted by atomic mass is 15.1. The molecule has 0 atom stereocenters. The minimum Gasteiger partial charge on any atom is -0.325 e. The van der Waals surface area contributed by atoms with Crippen molar-refractivity contribution in [1.29, 1.82) is 0 Å². The van der Waals surface area contributed by atoms with Crippen LogP contribution in [-0.4, -0.2) is 9.55 Å². The minimum absolute atomic E-state index is 0.637. The van der Waals surface area contributed by atoms with E-state index in [1.165, 1.54) is 55.4 Å². The lowest BCUT2D eigenvalue weighted by Crippen LogP contribution is -2.12. The molecule has 2 aromatic rings. The first-order valence-corrected chi connectivity index (χ1v) is 7.82. The molecule has 0 unspecified atom stereocenters. The van der Waals surface area contributed by atoms with E-state index < -0.39 is 0 Å². The van der Waals surface area contributed by atoms with Gasteiger partial charge in [-0.3, -0.25) is 0 Å². The summed E-state index contributed by atoms with van der Waals surface area (Å²) in [6.45, 7) is 4.58. The summed E-state index contributed by atoms with van der Waals surface area (Å²) < 4.78 is 2.57. The number of hydrogen-bond acceptors (Lipinski definition) is 1. The van der Waals surface area contributed by atoms with E-state index >= 15 is 0 Å². The van der Waals surface area contributed by atoms with E-state index in [1.807, 2.05) is 0 Å². The van der Waals surface area contributed by atoms with Gasteiger partial charge in [0.1, 0.15) is 5.82 Å². The highest BCUT2D eigenvalue weighted by molar-refractivity contribution is 5.76. The van der Waals surface area contributed by atoms with Crippen molar-refractivity contribution in [3.8, 4) is 0 Å². The molecule has 1 saturated carbocycles. The summed E-state index contributed by atoms with van der Waals surface area (Å²) in [6.07, 6.45) is 7.70. The molecule has 3 rings (SSSR count). The molecule has 1 fully saturated rings. The third kappa shape index (κ3) is 2.41. The van der Waals surface area contributed by atoms with E-state index in [4.69, 9.17) is 4.98 Å². The van der Waals surface area contributed by atoms with Gasteiger partial charge in [-0.1, -0.05) is 38.8 Å². The molecule has 1 heterocycles. The van der Waals surface area contributed by atoms with Gasteiger partial charge in [0, 0.05) is 12.0 Å². The number of hydrogen-bond donors (Lipinski definition) is 0. The molecule has 2 heteroatoms. The van der Waals surface area contributed by atoms with Crippen molar-refractivity contribution < 1.29 is 0 Å². The molecule has 1 aliphatic carbocycles. The zero-order valence-corrected chi connectivity index (χ0v) is 12.1. The molecule has 0 spiro atoms. The van der Waals surface area contributed by atoms with Gasteiger partial charge in [-0.05, 0) is 37.8 Å². The molecule has 0 saturated heterocycles. The standard InChI is InChI=1S/C17H24N2/c1-3-7-14(8-4-2)19-16-10-6-5-9-15(16)18-17(19)13-11-12-13/h5-6,9-10,13-14H,3-4,7-8,11-12H2,1-2H3. The molecule has 1 aromatic heterocycles. The predicted octanol–water partition coefficient (Wildman–Crippen LogP) is 5.06. The topological polar surface area (TPSA) is 17.8 Å². The zero-order chi connectivity index (χ0) is 13.2. The minimum atomic E-state index is 0.637. The summed E-state index contributed by atoms with van der Waals surface area (Å²) in [7, 11) is 0. The van der Waals surface area contributed by atoms with Crippen LogP contribution in [0.25, 0.3) is 11.0 Å². The fourth-order valence-electron chi connectivity index (χ4n) is 3.15. The second-order valence-electron chi connectivity index (χ2n) is 5.83. The van der Waals surface area contributed by atoms with Gasteiger partial charge in [0.25, 0.3) is 0 Å². The van der Waals surface area contributed by atoms with Crippen molar-refractivity contribution >= 4 is 11.0 Å². The second-order valence-corrected chi connectivity index (χ2v) is 5.83. The number of aromatic nitrogens is 2. The van der Waals surface area contributed by atoms with Gasteiger partial charge in [0.05, 0.1) is 11.0 Å². The van der Waals surface area contributed by atoms with Crippen LogP contribution >= 0.6 is 0 Å². The fourth-order valence-corrected chi connectivity index (χ4v) is 3.15. The van der Waals surface area contributed by atoms with E-state index in [0.29, 0.717) is 6.04 Å². The van der Waals surface area contributed by atoms with Crippen LogP contribution < -0.4 is 0 Å². The van der Waals surface area contributed by atoms with Crippen molar-refractivity contribution in [3.63, 3.8) is 0 Å². The highest BCUT2D eigenvalue weighted by Gasteiger charge is 2.31. The summed E-state index contributed by atoms with van der Waals surface area (Å²) in [5.74, 6) is 2.08. The van der Waals surface area contributed by atoms with Gasteiger partial charge in [-0.25, -0.2) is 4.98 Å². The Bertz CT molecular complexity index is 545. The maximum absolute atomic E-state index is 4.92. The van der Waals surface area contributed by atoms with E-state index in [2.05, 4.69) is 42.7 Å². The number of benzene rings is 1. The Hall–Kier alpha value is -1.31. The molecular formula is C17H24N2. The smallest absolute Gasteiger partial charge is 0.113 e. The molecule has 0 amide bonds. The quantitative estimate of drug-likeness (QED) is 0.706. The van der Waals surface area contributed by atoms with Crippen molar-refractivity contribution in [1.82, 2.24) is 9.55 Å². The average Bonchev–Trinajstić information content (AvgIpc) is 3.19. The fraction of sp³-hybridized carbons (Fsp3) is 0.588. The van der Waals surface area contributed by atoms with Gasteiger partial charge >= 0.3 is 0 Å². The van der Waals surface area contributed by atoms with Crippen LogP contribution in [0.15, 0.2) is 24.3 Å². The molecule has 1 aliphatic rings. The lowest BCUT2D eigenvalue weighted by Gasteiger charge is -2.21. The van der Waals surface area contributed by atoms with Crippen LogP contribution in [0.1, 0.15) is 70.2 Å². The normalized spacial score (nSPS) is 15.5. The van der Waals surface area contributed by atoms with E-state index in [9.17, 15) is 0 Å². The van der Waals surface area contributed by atoms with Crippen LogP contribution in [0.2, 0.25) is 0 Å². The largest absolute Gasteiger partial charge is 0.325 e. The number of para-hydroxylation sites is 2. The van der Waals surface area contributed by atoms with Crippen molar-refractivity contribution in [2.45, 2.75) is 64.3 Å². The third-order valence-corrected chi connectivity index (χ3v) is 4.17. The maximum atomic E-state index is 4.92. The van der Waals surface area contributed by atoms with Gasteiger partial charge < -0.3 is 4.57 Å². The molecule has 0 bridgehead atoms. The van der Waals surface area contributed by atoms with Crippen LogP contribution in [0.3, 0.4) is 0 Å². The van der Waals surface area contributed by atoms with Crippen LogP contribution in [0, 0.1) is 0 Å². The Morgan fingerprint density at radius 1 is 1.16 bits per heavy atom. The van der Waals surface area contributed by atoms with Gasteiger partial charge in [-0.15, -0.1) is 0 Å². The Morgan fingerprint density at radius 3 is 2.47 bits per heavy atom. The third-order valence-electron chi connectivity index (χ3n) is 4.17.